The fourth-order valence-corrected chi connectivity index (χ4v) is 3.14. The average molecular weight is 420 g/mol. The molecule has 4 N–H and O–H groups in total. The highest BCUT2D eigenvalue weighted by atomic mass is 16.5. The molecule has 0 atom stereocenters. The topological polar surface area (TPSA) is 115 Å². The summed E-state index contributed by atoms with van der Waals surface area (Å²) in [5.74, 6) is 2.01. The van der Waals surface area contributed by atoms with E-state index in [2.05, 4.69) is 57.4 Å². The van der Waals surface area contributed by atoms with Gasteiger partial charge in [-0.25, -0.2) is 19.9 Å². The van der Waals surface area contributed by atoms with Crippen LogP contribution in [0.2, 0.25) is 0 Å². The molecule has 0 aliphatic carbocycles. The third-order valence-electron chi connectivity index (χ3n) is 4.69. The minimum atomic E-state index is -0.00182. The Labute approximate surface area is 180 Å². The number of aromatic amines is 2. The van der Waals surface area contributed by atoms with Crippen LogP contribution in [0.3, 0.4) is 0 Å². The first-order valence-corrected chi connectivity index (χ1v) is 10.1. The summed E-state index contributed by atoms with van der Waals surface area (Å²) >= 11 is 0. The zero-order valence-corrected chi connectivity index (χ0v) is 18.4. The molecule has 0 unspecified atom stereocenters. The number of nitrogens with one attached hydrogen (secondary N) is 4. The maximum Gasteiger partial charge on any atom is 0.365 e. The second kappa shape index (κ2) is 8.27. The fourth-order valence-electron chi connectivity index (χ4n) is 3.14. The molecule has 4 aromatic heterocycles. The lowest BCUT2D eigenvalue weighted by molar-refractivity contribution is -0.392. The van der Waals surface area contributed by atoms with Crippen LogP contribution in [-0.4, -0.2) is 37.6 Å². The van der Waals surface area contributed by atoms with E-state index in [-0.39, 0.29) is 5.54 Å². The quantitative estimate of drug-likeness (QED) is 0.440. The Morgan fingerprint density at radius 1 is 1.16 bits per heavy atom. The van der Waals surface area contributed by atoms with E-state index in [9.17, 15) is 0 Å². The molecule has 0 aromatic carbocycles. The lowest BCUT2D eigenvalue weighted by Gasteiger charge is -2.21. The summed E-state index contributed by atoms with van der Waals surface area (Å²) in [5.41, 5.74) is 4.93. The van der Waals surface area contributed by atoms with Crippen molar-refractivity contribution in [1.29, 1.82) is 0 Å². The van der Waals surface area contributed by atoms with Crippen LogP contribution >= 0.6 is 0 Å². The van der Waals surface area contributed by atoms with E-state index in [4.69, 9.17) is 14.7 Å². The van der Waals surface area contributed by atoms with Crippen LogP contribution in [-0.2, 0) is 6.54 Å². The molecule has 4 heterocycles. The molecule has 0 radical (unpaired) electrons. The summed E-state index contributed by atoms with van der Waals surface area (Å²) in [6.07, 6.45) is 5.33. The molecule has 31 heavy (non-hydrogen) atoms. The number of fused-ring (bicyclic) bond motifs is 1. The number of aromatic nitrogens is 6. The van der Waals surface area contributed by atoms with Crippen molar-refractivity contribution < 1.29 is 9.72 Å². The highest BCUT2D eigenvalue weighted by Gasteiger charge is 2.18. The van der Waals surface area contributed by atoms with Crippen molar-refractivity contribution in [3.05, 3.63) is 48.3 Å². The lowest BCUT2D eigenvalue weighted by Crippen LogP contribution is -2.35. The average Bonchev–Trinajstić information content (AvgIpc) is 3.21. The van der Waals surface area contributed by atoms with Gasteiger partial charge in [-0.3, -0.25) is 0 Å². The second-order valence-corrected chi connectivity index (χ2v) is 8.33. The van der Waals surface area contributed by atoms with E-state index < -0.39 is 0 Å². The van der Waals surface area contributed by atoms with Crippen LogP contribution in [0, 0.1) is 6.92 Å². The third-order valence-corrected chi connectivity index (χ3v) is 4.69. The molecule has 0 aliphatic rings. The monoisotopic (exact) mass is 419 g/mol. The van der Waals surface area contributed by atoms with Gasteiger partial charge in [0.15, 0.2) is 11.8 Å². The van der Waals surface area contributed by atoms with Gasteiger partial charge in [0.1, 0.15) is 28.5 Å². The largest absolute Gasteiger partial charge is 0.448 e. The van der Waals surface area contributed by atoms with Gasteiger partial charge in [0.05, 0.1) is 19.5 Å². The summed E-state index contributed by atoms with van der Waals surface area (Å²) < 4.78 is 5.20. The van der Waals surface area contributed by atoms with Gasteiger partial charge in [0.2, 0.25) is 0 Å². The summed E-state index contributed by atoms with van der Waals surface area (Å²) in [4.78, 5) is 24.4. The number of pyridine rings is 2. The van der Waals surface area contributed by atoms with E-state index in [0.29, 0.717) is 29.7 Å². The first-order valence-electron chi connectivity index (χ1n) is 10.1. The predicted molar refractivity (Wildman–Crippen MR) is 119 cm³/mol. The maximum atomic E-state index is 5.20. The first kappa shape index (κ1) is 20.7. The number of rotatable bonds is 6. The van der Waals surface area contributed by atoms with Gasteiger partial charge in [-0.05, 0) is 45.4 Å². The maximum absolute atomic E-state index is 5.20. The number of hydrogen-bond acceptors (Lipinski definition) is 7. The summed E-state index contributed by atoms with van der Waals surface area (Å²) in [6.45, 7) is 8.97. The Kier molecular flexibility index (Phi) is 5.51. The summed E-state index contributed by atoms with van der Waals surface area (Å²) in [7, 11) is 1.62. The molecule has 0 bridgehead atoms. The standard InChI is InChI=1S/C22H26N8O/c1-13-28-18(19-21(29-13)26-12-25-19)16-8-14(10-27-22(2,3)4)9-24-20(16)30-15-6-7-17(31-5)23-11-15/h6-9,11-12,27H,10H2,1-5H3,(H,24,30)(H,25,26,28,29)/p+1. The number of methoxy groups -OCH3 is 1. The number of H-pyrrole nitrogens is 2. The van der Waals surface area contributed by atoms with Gasteiger partial charge in [-0.15, -0.1) is 0 Å². The Balaban J connectivity index is 1.79. The number of ether oxygens (including phenoxy) is 1. The normalized spacial score (nSPS) is 11.6. The molecule has 0 amide bonds. The summed E-state index contributed by atoms with van der Waals surface area (Å²) in [6, 6.07) is 5.88. The summed E-state index contributed by atoms with van der Waals surface area (Å²) in [5, 5.41) is 6.90. The van der Waals surface area contributed by atoms with Crippen LogP contribution in [0.25, 0.3) is 22.4 Å². The van der Waals surface area contributed by atoms with Crippen LogP contribution in [0.1, 0.15) is 32.2 Å². The van der Waals surface area contributed by atoms with E-state index in [1.807, 2.05) is 31.5 Å². The second-order valence-electron chi connectivity index (χ2n) is 8.33. The Bertz CT molecular complexity index is 1190. The number of hydrogen-bond donors (Lipinski definition) is 3. The van der Waals surface area contributed by atoms with Crippen LogP contribution in [0.4, 0.5) is 11.5 Å². The van der Waals surface area contributed by atoms with E-state index >= 15 is 0 Å². The van der Waals surface area contributed by atoms with Crippen LogP contribution < -0.4 is 20.4 Å². The molecule has 160 valence electrons. The molecule has 0 saturated heterocycles. The van der Waals surface area contributed by atoms with Crippen molar-refractivity contribution in [1.82, 2.24) is 30.2 Å². The van der Waals surface area contributed by atoms with Crippen LogP contribution in [0.5, 0.6) is 5.88 Å². The molecule has 9 nitrogen and oxygen atoms in total. The molecule has 4 aromatic rings. The molecular formula is C22H27N8O+. The number of nitrogens with zero attached hydrogens (tertiary/aromatic N) is 4. The minimum absolute atomic E-state index is 0.00182. The number of aryl methyl sites for hydroxylation is 1. The molecular weight excluding hydrogens is 392 g/mol. The molecule has 0 fully saturated rings. The van der Waals surface area contributed by atoms with E-state index in [0.717, 1.165) is 28.0 Å². The van der Waals surface area contributed by atoms with E-state index in [1.165, 1.54) is 0 Å². The highest BCUT2D eigenvalue weighted by Crippen LogP contribution is 2.32. The van der Waals surface area contributed by atoms with Gasteiger partial charge in [-0.1, -0.05) is 0 Å². The highest BCUT2D eigenvalue weighted by molar-refractivity contribution is 5.91. The Hall–Kier alpha value is -3.59. The zero-order chi connectivity index (χ0) is 22.0. The predicted octanol–water partition coefficient (Wildman–Crippen LogP) is 3.18. The first-order chi connectivity index (χ1) is 14.8. The minimum Gasteiger partial charge on any atom is -0.448 e. The molecule has 0 aliphatic heterocycles. The van der Waals surface area contributed by atoms with Gasteiger partial charge < -0.3 is 20.4 Å². The molecule has 4 rings (SSSR count). The van der Waals surface area contributed by atoms with Crippen molar-refractivity contribution in [3.8, 4) is 17.1 Å². The lowest BCUT2D eigenvalue weighted by atomic mass is 10.1. The van der Waals surface area contributed by atoms with Crippen molar-refractivity contribution >= 4 is 22.7 Å². The van der Waals surface area contributed by atoms with E-state index in [1.54, 1.807) is 13.4 Å². The Morgan fingerprint density at radius 2 is 2.00 bits per heavy atom. The molecule has 0 saturated carbocycles. The smallest absolute Gasteiger partial charge is 0.365 e. The Morgan fingerprint density at radius 3 is 2.71 bits per heavy atom. The van der Waals surface area contributed by atoms with Gasteiger partial charge in [0.25, 0.3) is 0 Å². The van der Waals surface area contributed by atoms with Gasteiger partial charge in [0, 0.05) is 23.8 Å². The van der Waals surface area contributed by atoms with Gasteiger partial charge >= 0.3 is 5.88 Å². The van der Waals surface area contributed by atoms with Crippen molar-refractivity contribution in [2.45, 2.75) is 39.8 Å². The fraction of sp³-hybridized carbons (Fsp3) is 0.318. The van der Waals surface area contributed by atoms with Crippen molar-refractivity contribution in [3.63, 3.8) is 0 Å². The number of anilines is 2. The van der Waals surface area contributed by atoms with Crippen molar-refractivity contribution in [2.75, 3.05) is 12.4 Å². The van der Waals surface area contributed by atoms with Gasteiger partial charge in [-0.2, -0.15) is 4.98 Å². The van der Waals surface area contributed by atoms with Crippen molar-refractivity contribution in [2.24, 2.45) is 0 Å². The number of imidazole rings is 1. The third kappa shape index (κ3) is 4.77. The molecule has 9 heteroatoms. The molecule has 0 spiro atoms. The zero-order valence-electron chi connectivity index (χ0n) is 18.4. The SMILES string of the molecule is COc1ccc(Nc2ncc(CNC(C)(C)C)cc2-c2nc(C)nc3nc[nH]c23)c[nH+]1. The van der Waals surface area contributed by atoms with Crippen LogP contribution in [0.15, 0.2) is 36.9 Å².